The van der Waals surface area contributed by atoms with Crippen molar-refractivity contribution >= 4 is 5.91 Å². The van der Waals surface area contributed by atoms with E-state index < -0.39 is 12.5 Å². The molecule has 5 heteroatoms. The average Bonchev–Trinajstić information content (AvgIpc) is 2.37. The van der Waals surface area contributed by atoms with E-state index in [1.165, 1.54) is 12.4 Å². The van der Waals surface area contributed by atoms with Gasteiger partial charge < -0.3 is 5.11 Å². The van der Waals surface area contributed by atoms with Gasteiger partial charge in [0.15, 0.2) is 0 Å². The third-order valence-corrected chi connectivity index (χ3v) is 0.813. The summed E-state index contributed by atoms with van der Waals surface area (Å²) in [5.74, 6) is -0.479. The van der Waals surface area contributed by atoms with Crippen molar-refractivity contribution < 1.29 is 9.90 Å². The first-order valence-electron chi connectivity index (χ1n) is 2.35. The number of hydrogen-bond donors (Lipinski definition) is 1. The molecule has 9 heavy (non-hydrogen) atoms. The van der Waals surface area contributed by atoms with Crippen LogP contribution in [0, 0.1) is 0 Å². The van der Waals surface area contributed by atoms with Crippen LogP contribution in [0.25, 0.3) is 0 Å². The number of aliphatic hydroxyl groups excluding tert-OH is 1. The van der Waals surface area contributed by atoms with Crippen LogP contribution in [0.4, 0.5) is 0 Å². The minimum absolute atomic E-state index is 0.479. The summed E-state index contributed by atoms with van der Waals surface area (Å²) in [4.78, 5) is 10.5. The Morgan fingerprint density at radius 1 is 1.78 bits per heavy atom. The molecule has 1 rings (SSSR count). The molecule has 0 aliphatic heterocycles. The van der Waals surface area contributed by atoms with E-state index in [4.69, 9.17) is 5.11 Å². The number of nitrogens with zero attached hydrogens (tertiary/aromatic N) is 3. The van der Waals surface area contributed by atoms with Gasteiger partial charge in [0.2, 0.25) is 0 Å². The van der Waals surface area contributed by atoms with E-state index in [-0.39, 0.29) is 0 Å². The van der Waals surface area contributed by atoms with Crippen LogP contribution >= 0.6 is 0 Å². The van der Waals surface area contributed by atoms with Crippen molar-refractivity contribution in [1.82, 2.24) is 15.0 Å². The highest BCUT2D eigenvalue weighted by molar-refractivity contribution is 5.78. The lowest BCUT2D eigenvalue weighted by atomic mass is 10.6. The van der Waals surface area contributed by atoms with Gasteiger partial charge in [-0.25, -0.2) is 0 Å². The van der Waals surface area contributed by atoms with Gasteiger partial charge in [0, 0.05) is 0 Å². The van der Waals surface area contributed by atoms with E-state index in [0.717, 1.165) is 4.68 Å². The zero-order valence-corrected chi connectivity index (χ0v) is 4.56. The number of hydrogen-bond acceptors (Lipinski definition) is 4. The molecule has 5 nitrogen and oxygen atoms in total. The zero-order chi connectivity index (χ0) is 6.69. The summed E-state index contributed by atoms with van der Waals surface area (Å²) in [5.41, 5.74) is 0. The van der Waals surface area contributed by atoms with Crippen LogP contribution in [-0.2, 0) is 0 Å². The van der Waals surface area contributed by atoms with Gasteiger partial charge in [0.1, 0.15) is 6.61 Å². The minimum Gasteiger partial charge on any atom is -0.386 e. The molecule has 1 heterocycles. The molecule has 0 aliphatic rings. The number of rotatable bonds is 1. The van der Waals surface area contributed by atoms with Crippen molar-refractivity contribution in [2.45, 2.75) is 0 Å². The molecule has 0 spiro atoms. The lowest BCUT2D eigenvalue weighted by Crippen LogP contribution is -2.14. The molecule has 0 atom stereocenters. The second-order valence-corrected chi connectivity index (χ2v) is 1.40. The van der Waals surface area contributed by atoms with Gasteiger partial charge in [0.25, 0.3) is 5.91 Å². The Hall–Kier alpha value is -1.23. The van der Waals surface area contributed by atoms with E-state index in [2.05, 4.69) is 10.3 Å². The fraction of sp³-hybridized carbons (Fsp3) is 0.250. The van der Waals surface area contributed by atoms with Crippen LogP contribution in [0.1, 0.15) is 4.79 Å². The van der Waals surface area contributed by atoms with Gasteiger partial charge in [-0.3, -0.25) is 4.79 Å². The topological polar surface area (TPSA) is 68.0 Å². The summed E-state index contributed by atoms with van der Waals surface area (Å²) in [7, 11) is 0. The van der Waals surface area contributed by atoms with Gasteiger partial charge in [-0.05, 0) is 0 Å². The first-order valence-corrected chi connectivity index (χ1v) is 2.35. The molecule has 1 N–H and O–H groups in total. The standard InChI is InChI=1S/C4H5N3O2/c8-3-4(9)7-2-1-5-6-7/h1-2,8H,3H2. The Bertz CT molecular complexity index is 194. The maximum atomic E-state index is 10.5. The fourth-order valence-electron chi connectivity index (χ4n) is 0.414. The molecular formula is C4H5N3O2. The predicted molar refractivity (Wildman–Crippen MR) is 27.7 cm³/mol. The highest BCUT2D eigenvalue weighted by Gasteiger charge is 1.99. The van der Waals surface area contributed by atoms with Crippen LogP contribution in [0.2, 0.25) is 0 Å². The lowest BCUT2D eigenvalue weighted by molar-refractivity contribution is 0.0799. The summed E-state index contributed by atoms with van der Waals surface area (Å²) in [6.07, 6.45) is 2.74. The van der Waals surface area contributed by atoms with Crippen molar-refractivity contribution in [3.63, 3.8) is 0 Å². The number of carbonyl (C=O) groups excluding carboxylic acids is 1. The second kappa shape index (κ2) is 2.36. The van der Waals surface area contributed by atoms with E-state index in [1.54, 1.807) is 0 Å². The minimum atomic E-state index is -0.538. The summed E-state index contributed by atoms with van der Waals surface area (Å²) >= 11 is 0. The van der Waals surface area contributed by atoms with Crippen LogP contribution in [0.3, 0.4) is 0 Å². The monoisotopic (exact) mass is 127 g/mol. The molecule has 0 fully saturated rings. The van der Waals surface area contributed by atoms with E-state index in [0.29, 0.717) is 0 Å². The molecule has 0 unspecified atom stereocenters. The Labute approximate surface area is 50.9 Å². The zero-order valence-electron chi connectivity index (χ0n) is 4.56. The molecule has 0 aliphatic carbocycles. The van der Waals surface area contributed by atoms with Crippen molar-refractivity contribution in [3.05, 3.63) is 12.4 Å². The Morgan fingerprint density at radius 2 is 2.56 bits per heavy atom. The van der Waals surface area contributed by atoms with Gasteiger partial charge in [-0.15, -0.1) is 5.10 Å². The lowest BCUT2D eigenvalue weighted by Gasteiger charge is -1.89. The Balaban J connectivity index is 2.77. The summed E-state index contributed by atoms with van der Waals surface area (Å²) in [6, 6.07) is 0. The van der Waals surface area contributed by atoms with Crippen LogP contribution < -0.4 is 0 Å². The highest BCUT2D eigenvalue weighted by Crippen LogP contribution is 1.78. The third kappa shape index (κ3) is 1.11. The molecule has 0 bridgehead atoms. The SMILES string of the molecule is O=C(CO)n1ccnn1. The van der Waals surface area contributed by atoms with Crippen molar-refractivity contribution in [2.75, 3.05) is 6.61 Å². The van der Waals surface area contributed by atoms with Crippen molar-refractivity contribution in [1.29, 1.82) is 0 Å². The smallest absolute Gasteiger partial charge is 0.273 e. The predicted octanol–water partition coefficient (Wildman–Crippen LogP) is -1.09. The average molecular weight is 127 g/mol. The maximum Gasteiger partial charge on any atom is 0.273 e. The third-order valence-electron chi connectivity index (χ3n) is 0.813. The molecule has 1 aromatic rings. The fourth-order valence-corrected chi connectivity index (χ4v) is 0.414. The van der Waals surface area contributed by atoms with Crippen molar-refractivity contribution in [2.24, 2.45) is 0 Å². The van der Waals surface area contributed by atoms with Crippen LogP contribution in [0.5, 0.6) is 0 Å². The Morgan fingerprint density at radius 3 is 3.00 bits per heavy atom. The molecule has 48 valence electrons. The largest absolute Gasteiger partial charge is 0.386 e. The summed E-state index contributed by atoms with van der Waals surface area (Å²) < 4.78 is 0.972. The molecule has 1 aromatic heterocycles. The van der Waals surface area contributed by atoms with Gasteiger partial charge in [-0.1, -0.05) is 5.21 Å². The molecule has 0 saturated carbocycles. The summed E-state index contributed by atoms with van der Waals surface area (Å²) in [5, 5.41) is 15.0. The quantitative estimate of drug-likeness (QED) is 0.520. The molecule has 0 radical (unpaired) electrons. The van der Waals surface area contributed by atoms with Crippen molar-refractivity contribution in [3.8, 4) is 0 Å². The van der Waals surface area contributed by atoms with Gasteiger partial charge in [-0.2, -0.15) is 4.68 Å². The van der Waals surface area contributed by atoms with E-state index in [9.17, 15) is 4.79 Å². The van der Waals surface area contributed by atoms with Gasteiger partial charge in [0.05, 0.1) is 12.4 Å². The molecule has 0 saturated heterocycles. The van der Waals surface area contributed by atoms with Gasteiger partial charge >= 0.3 is 0 Å². The highest BCUT2D eigenvalue weighted by atomic mass is 16.3. The molecular weight excluding hydrogens is 122 g/mol. The summed E-state index contributed by atoms with van der Waals surface area (Å²) in [6.45, 7) is -0.538. The number of aromatic nitrogens is 3. The van der Waals surface area contributed by atoms with E-state index in [1.807, 2.05) is 0 Å². The van der Waals surface area contributed by atoms with Crippen LogP contribution in [-0.4, -0.2) is 32.6 Å². The molecule has 0 amide bonds. The second-order valence-electron chi connectivity index (χ2n) is 1.40. The Kier molecular flexibility index (Phi) is 1.55. The van der Waals surface area contributed by atoms with Crippen LogP contribution in [0.15, 0.2) is 12.4 Å². The number of aliphatic hydroxyl groups is 1. The normalized spacial score (nSPS) is 9.44. The first-order chi connectivity index (χ1) is 4.34. The maximum absolute atomic E-state index is 10.5. The first kappa shape index (κ1) is 5.90. The number of carbonyl (C=O) groups is 1. The molecule has 0 aromatic carbocycles. The van der Waals surface area contributed by atoms with E-state index >= 15 is 0 Å².